The van der Waals surface area contributed by atoms with Crippen LogP contribution in [0.5, 0.6) is 0 Å². The van der Waals surface area contributed by atoms with Crippen molar-refractivity contribution in [3.63, 3.8) is 0 Å². The lowest BCUT2D eigenvalue weighted by molar-refractivity contribution is 0.319. The van der Waals surface area contributed by atoms with Gasteiger partial charge in [0.15, 0.2) is 11.5 Å². The summed E-state index contributed by atoms with van der Waals surface area (Å²) >= 11 is 0. The lowest BCUT2D eigenvalue weighted by atomic mass is 9.89. The number of fused-ring (bicyclic) bond motifs is 1. The summed E-state index contributed by atoms with van der Waals surface area (Å²) in [5.41, 5.74) is 2.61. The topological polar surface area (TPSA) is 105 Å². The molecular weight excluding hydrogens is 416 g/mol. The first-order chi connectivity index (χ1) is 16.2. The van der Waals surface area contributed by atoms with Crippen LogP contribution in [0.15, 0.2) is 40.1 Å². The van der Waals surface area contributed by atoms with Gasteiger partial charge in [-0.25, -0.2) is 9.97 Å². The van der Waals surface area contributed by atoms with Crippen LogP contribution in [0, 0.1) is 11.8 Å². The number of H-pyrrole nitrogens is 1. The summed E-state index contributed by atoms with van der Waals surface area (Å²) in [6, 6.07) is 7.06. The Kier molecular flexibility index (Phi) is 6.53. The van der Waals surface area contributed by atoms with E-state index in [1.54, 1.807) is 12.3 Å². The molecule has 4 heterocycles. The molecule has 0 amide bonds. The minimum Gasteiger partial charge on any atom is -0.365 e. The molecule has 0 atom stereocenters. The van der Waals surface area contributed by atoms with E-state index < -0.39 is 0 Å². The SMILES string of the molecule is O=c1ccc(-c2ccc3nc(NCC4CCNCC4)c(=O)n(CC4CCCCC4)c3n2)c[nH]1. The predicted octanol–water partition coefficient (Wildman–Crippen LogP) is 3.14. The molecule has 0 bridgehead atoms. The summed E-state index contributed by atoms with van der Waals surface area (Å²) in [7, 11) is 0. The predicted molar refractivity (Wildman–Crippen MR) is 131 cm³/mol. The average molecular weight is 449 g/mol. The smallest absolute Gasteiger partial charge is 0.294 e. The molecule has 1 aliphatic carbocycles. The number of nitrogens with one attached hydrogen (secondary N) is 3. The van der Waals surface area contributed by atoms with E-state index in [1.165, 1.54) is 25.3 Å². The van der Waals surface area contributed by atoms with E-state index in [2.05, 4.69) is 20.6 Å². The van der Waals surface area contributed by atoms with Crippen LogP contribution >= 0.6 is 0 Å². The van der Waals surface area contributed by atoms with Crippen molar-refractivity contribution in [3.8, 4) is 11.3 Å². The van der Waals surface area contributed by atoms with Crippen LogP contribution in [-0.4, -0.2) is 39.2 Å². The molecule has 8 nitrogen and oxygen atoms in total. The van der Waals surface area contributed by atoms with Crippen LogP contribution in [0.2, 0.25) is 0 Å². The van der Waals surface area contributed by atoms with Crippen molar-refractivity contribution in [2.24, 2.45) is 11.8 Å². The first-order valence-electron chi connectivity index (χ1n) is 12.2. The molecule has 8 heteroatoms. The van der Waals surface area contributed by atoms with E-state index in [1.807, 2.05) is 16.7 Å². The minimum absolute atomic E-state index is 0.0897. The molecule has 2 aliphatic rings. The zero-order valence-corrected chi connectivity index (χ0v) is 19.0. The van der Waals surface area contributed by atoms with Gasteiger partial charge in [0, 0.05) is 30.9 Å². The Morgan fingerprint density at radius 1 is 0.939 bits per heavy atom. The van der Waals surface area contributed by atoms with E-state index in [0.29, 0.717) is 41.1 Å². The third kappa shape index (κ3) is 5.00. The third-order valence-corrected chi connectivity index (χ3v) is 7.05. The molecule has 1 aliphatic heterocycles. The number of aromatic nitrogens is 4. The molecule has 3 aromatic rings. The van der Waals surface area contributed by atoms with Crippen LogP contribution in [0.4, 0.5) is 5.82 Å². The van der Waals surface area contributed by atoms with Gasteiger partial charge in [-0.05, 0) is 68.8 Å². The molecule has 5 rings (SSSR count). The van der Waals surface area contributed by atoms with Crippen LogP contribution in [0.25, 0.3) is 22.4 Å². The number of aromatic amines is 1. The second kappa shape index (κ2) is 9.87. The number of rotatable bonds is 6. The van der Waals surface area contributed by atoms with Crippen molar-refractivity contribution >= 4 is 17.0 Å². The normalized spacial score (nSPS) is 17.9. The molecule has 0 spiro atoms. The maximum Gasteiger partial charge on any atom is 0.294 e. The van der Waals surface area contributed by atoms with Gasteiger partial charge in [-0.1, -0.05) is 19.3 Å². The van der Waals surface area contributed by atoms with Crippen LogP contribution in [0.3, 0.4) is 0 Å². The van der Waals surface area contributed by atoms with E-state index in [4.69, 9.17) is 4.98 Å². The van der Waals surface area contributed by atoms with Gasteiger partial charge in [0.1, 0.15) is 5.52 Å². The Hall–Kier alpha value is -3.00. The van der Waals surface area contributed by atoms with Gasteiger partial charge < -0.3 is 15.6 Å². The highest BCUT2D eigenvalue weighted by Crippen LogP contribution is 2.26. The van der Waals surface area contributed by atoms with Gasteiger partial charge in [-0.3, -0.25) is 14.2 Å². The molecule has 2 fully saturated rings. The molecule has 0 radical (unpaired) electrons. The van der Waals surface area contributed by atoms with E-state index in [0.717, 1.165) is 50.9 Å². The number of pyridine rings is 2. The highest BCUT2D eigenvalue weighted by atomic mass is 16.1. The zero-order valence-electron chi connectivity index (χ0n) is 19.0. The summed E-state index contributed by atoms with van der Waals surface area (Å²) in [6.45, 7) is 3.49. The maximum absolute atomic E-state index is 13.6. The number of hydrogen-bond acceptors (Lipinski definition) is 6. The fraction of sp³-hybridized carbons (Fsp3) is 0.520. The van der Waals surface area contributed by atoms with Gasteiger partial charge in [0.2, 0.25) is 5.56 Å². The minimum atomic E-state index is -0.153. The fourth-order valence-corrected chi connectivity index (χ4v) is 5.09. The standard InChI is InChI=1S/C25H32N6O2/c32-22-9-6-19(15-27-22)20-7-8-21-24(30-20)31(16-18-4-2-1-3-5-18)25(33)23(29-21)28-14-17-10-12-26-13-11-17/h6-9,15,17-18,26H,1-5,10-14,16H2,(H,27,32)(H,28,29). The molecular formula is C25H32N6O2. The van der Waals surface area contributed by atoms with Gasteiger partial charge in [-0.15, -0.1) is 0 Å². The van der Waals surface area contributed by atoms with E-state index in [9.17, 15) is 9.59 Å². The van der Waals surface area contributed by atoms with Crippen molar-refractivity contribution in [1.82, 2.24) is 24.8 Å². The van der Waals surface area contributed by atoms with Crippen molar-refractivity contribution in [3.05, 3.63) is 51.2 Å². The number of piperidine rings is 1. The molecule has 174 valence electrons. The number of nitrogens with zero attached hydrogens (tertiary/aromatic N) is 3. The summed E-state index contributed by atoms with van der Waals surface area (Å²) in [5, 5.41) is 6.75. The monoisotopic (exact) mass is 448 g/mol. The first-order valence-corrected chi connectivity index (χ1v) is 12.2. The molecule has 33 heavy (non-hydrogen) atoms. The summed E-state index contributed by atoms with van der Waals surface area (Å²) in [6.07, 6.45) is 9.89. The number of anilines is 1. The summed E-state index contributed by atoms with van der Waals surface area (Å²) in [5.74, 6) is 1.46. The Labute approximate surface area is 192 Å². The van der Waals surface area contributed by atoms with Crippen molar-refractivity contribution in [2.45, 2.75) is 51.5 Å². The Balaban J connectivity index is 1.52. The largest absolute Gasteiger partial charge is 0.365 e. The van der Waals surface area contributed by atoms with Crippen LogP contribution in [-0.2, 0) is 6.54 Å². The summed E-state index contributed by atoms with van der Waals surface area (Å²) in [4.78, 5) is 37.2. The zero-order chi connectivity index (χ0) is 22.6. The average Bonchev–Trinajstić information content (AvgIpc) is 2.86. The lowest BCUT2D eigenvalue weighted by Crippen LogP contribution is -2.33. The van der Waals surface area contributed by atoms with Crippen molar-refractivity contribution < 1.29 is 0 Å². The maximum atomic E-state index is 13.6. The van der Waals surface area contributed by atoms with Gasteiger partial charge in [-0.2, -0.15) is 0 Å². The summed E-state index contributed by atoms with van der Waals surface area (Å²) < 4.78 is 1.83. The first kappa shape index (κ1) is 21.8. The van der Waals surface area contributed by atoms with Gasteiger partial charge in [0.05, 0.1) is 5.69 Å². The molecule has 0 aromatic carbocycles. The van der Waals surface area contributed by atoms with Crippen molar-refractivity contribution in [1.29, 1.82) is 0 Å². The third-order valence-electron chi connectivity index (χ3n) is 7.05. The van der Waals surface area contributed by atoms with Crippen LogP contribution in [0.1, 0.15) is 44.9 Å². The highest BCUT2D eigenvalue weighted by Gasteiger charge is 2.20. The molecule has 3 N–H and O–H groups in total. The highest BCUT2D eigenvalue weighted by molar-refractivity contribution is 5.76. The van der Waals surface area contributed by atoms with Gasteiger partial charge in [0.25, 0.3) is 5.56 Å². The fourth-order valence-electron chi connectivity index (χ4n) is 5.09. The Bertz CT molecular complexity index is 1200. The molecule has 1 saturated carbocycles. The van der Waals surface area contributed by atoms with Crippen molar-refractivity contribution in [2.75, 3.05) is 25.0 Å². The molecule has 0 unspecified atom stereocenters. The van der Waals surface area contributed by atoms with Crippen LogP contribution < -0.4 is 21.8 Å². The van der Waals surface area contributed by atoms with E-state index >= 15 is 0 Å². The molecule has 1 saturated heterocycles. The lowest BCUT2D eigenvalue weighted by Gasteiger charge is -2.24. The Morgan fingerprint density at radius 3 is 2.52 bits per heavy atom. The second-order valence-corrected chi connectivity index (χ2v) is 9.44. The number of hydrogen-bond donors (Lipinski definition) is 3. The Morgan fingerprint density at radius 2 is 1.76 bits per heavy atom. The van der Waals surface area contributed by atoms with Gasteiger partial charge >= 0.3 is 0 Å². The quantitative estimate of drug-likeness (QED) is 0.535. The molecule has 3 aromatic heterocycles. The van der Waals surface area contributed by atoms with E-state index in [-0.39, 0.29) is 11.1 Å². The second-order valence-electron chi connectivity index (χ2n) is 9.44.